The molecule has 0 saturated carbocycles. The lowest BCUT2D eigenvalue weighted by Gasteiger charge is -2.36. The summed E-state index contributed by atoms with van der Waals surface area (Å²) < 4.78 is 6.42. The molecule has 0 aliphatic carbocycles. The third kappa shape index (κ3) is 2.26. The highest BCUT2D eigenvalue weighted by atomic mass is 35.5. The van der Waals surface area contributed by atoms with Crippen LogP contribution in [-0.2, 0) is 15.3 Å². The summed E-state index contributed by atoms with van der Waals surface area (Å²) in [5, 5.41) is 3.59. The number of fused-ring (bicyclic) bond motifs is 3. The summed E-state index contributed by atoms with van der Waals surface area (Å²) in [6.07, 6.45) is 0.0212. The van der Waals surface area contributed by atoms with Gasteiger partial charge in [0.25, 0.3) is 0 Å². The molecule has 1 amide bonds. The molecule has 0 spiro atoms. The van der Waals surface area contributed by atoms with E-state index in [1.165, 1.54) is 0 Å². The molecule has 23 heavy (non-hydrogen) atoms. The Labute approximate surface area is 140 Å². The Hall–Kier alpha value is -1.88. The van der Waals surface area contributed by atoms with Crippen molar-refractivity contribution < 1.29 is 9.53 Å². The molecule has 0 aromatic heterocycles. The van der Waals surface area contributed by atoms with Crippen molar-refractivity contribution in [1.82, 2.24) is 4.90 Å². The van der Waals surface area contributed by atoms with E-state index in [2.05, 4.69) is 10.2 Å². The van der Waals surface area contributed by atoms with Crippen LogP contribution in [0.25, 0.3) is 0 Å². The fourth-order valence-corrected chi connectivity index (χ4v) is 3.76. The molecule has 2 atom stereocenters. The number of benzene rings is 2. The summed E-state index contributed by atoms with van der Waals surface area (Å²) >= 11 is 6.26. The van der Waals surface area contributed by atoms with E-state index in [0.717, 1.165) is 16.8 Å². The molecule has 118 valence electrons. The third-order valence-corrected chi connectivity index (χ3v) is 4.65. The van der Waals surface area contributed by atoms with Crippen molar-refractivity contribution in [3.05, 3.63) is 64.7 Å². The maximum Gasteiger partial charge on any atom is 0.238 e. The molecule has 4 nitrogen and oxygen atoms in total. The summed E-state index contributed by atoms with van der Waals surface area (Å²) in [6, 6.07) is 15.5. The molecule has 2 aromatic rings. The fourth-order valence-electron chi connectivity index (χ4n) is 3.59. The molecule has 1 unspecified atom stereocenters. The van der Waals surface area contributed by atoms with Crippen LogP contribution < -0.4 is 5.32 Å². The molecule has 2 aliphatic rings. The number of amides is 1. The lowest BCUT2D eigenvalue weighted by molar-refractivity contribution is -0.121. The van der Waals surface area contributed by atoms with Gasteiger partial charge in [0.05, 0.1) is 12.6 Å². The molecule has 2 heterocycles. The zero-order chi connectivity index (χ0) is 16.0. The van der Waals surface area contributed by atoms with E-state index in [1.807, 2.05) is 49.4 Å². The van der Waals surface area contributed by atoms with Gasteiger partial charge in [-0.1, -0.05) is 41.9 Å². The number of nitrogens with zero attached hydrogens (tertiary/aromatic N) is 1. The highest BCUT2D eigenvalue weighted by Crippen LogP contribution is 2.47. The van der Waals surface area contributed by atoms with Crippen molar-refractivity contribution in [2.45, 2.75) is 18.8 Å². The highest BCUT2D eigenvalue weighted by Gasteiger charge is 2.51. The van der Waals surface area contributed by atoms with Crippen molar-refractivity contribution >= 4 is 23.2 Å². The maximum absolute atomic E-state index is 12.3. The van der Waals surface area contributed by atoms with Crippen molar-refractivity contribution in [3.8, 4) is 0 Å². The van der Waals surface area contributed by atoms with E-state index in [9.17, 15) is 4.79 Å². The average Bonchev–Trinajstić information content (AvgIpc) is 2.81. The molecular weight excluding hydrogens is 312 g/mol. The minimum atomic E-state index is -0.792. The Morgan fingerprint density at radius 3 is 2.83 bits per heavy atom. The lowest BCUT2D eigenvalue weighted by Crippen LogP contribution is -2.44. The van der Waals surface area contributed by atoms with Crippen LogP contribution in [0.1, 0.15) is 18.1 Å². The highest BCUT2D eigenvalue weighted by molar-refractivity contribution is 6.30. The van der Waals surface area contributed by atoms with Crippen LogP contribution in [-0.4, -0.2) is 30.0 Å². The average molecular weight is 329 g/mol. The van der Waals surface area contributed by atoms with Gasteiger partial charge in [0, 0.05) is 28.4 Å². The molecule has 1 fully saturated rings. The second-order valence-corrected chi connectivity index (χ2v) is 6.49. The van der Waals surface area contributed by atoms with E-state index in [4.69, 9.17) is 16.3 Å². The lowest BCUT2D eigenvalue weighted by atomic mass is 9.92. The number of carbonyl (C=O) groups excluding carboxylic acids is 1. The first-order chi connectivity index (χ1) is 11.1. The van der Waals surface area contributed by atoms with Gasteiger partial charge in [-0.25, -0.2) is 0 Å². The molecule has 2 aromatic carbocycles. The van der Waals surface area contributed by atoms with Crippen molar-refractivity contribution in [2.75, 3.05) is 18.4 Å². The van der Waals surface area contributed by atoms with Crippen molar-refractivity contribution in [1.29, 1.82) is 0 Å². The Morgan fingerprint density at radius 2 is 2.04 bits per heavy atom. The number of carbonyl (C=O) groups is 1. The van der Waals surface area contributed by atoms with Gasteiger partial charge in [0.2, 0.25) is 5.91 Å². The third-order valence-electron chi connectivity index (χ3n) is 4.41. The van der Waals surface area contributed by atoms with Crippen LogP contribution in [0.4, 0.5) is 5.69 Å². The summed E-state index contributed by atoms with van der Waals surface area (Å²) in [4.78, 5) is 14.4. The SMILES string of the molecule is C[C@H]1CN2CC(=O)Nc3ccc(Cl)cc3C2(c2ccccc2)O1. The quantitative estimate of drug-likeness (QED) is 0.874. The monoisotopic (exact) mass is 328 g/mol. The fraction of sp³-hybridized carbons (Fsp3) is 0.278. The van der Waals surface area contributed by atoms with Crippen molar-refractivity contribution in [2.24, 2.45) is 0 Å². The van der Waals surface area contributed by atoms with E-state index >= 15 is 0 Å². The molecule has 0 radical (unpaired) electrons. The second-order valence-electron chi connectivity index (χ2n) is 6.06. The first-order valence-corrected chi connectivity index (χ1v) is 8.05. The number of hydrogen-bond acceptors (Lipinski definition) is 3. The van der Waals surface area contributed by atoms with E-state index < -0.39 is 5.72 Å². The van der Waals surface area contributed by atoms with Gasteiger partial charge in [0.15, 0.2) is 5.72 Å². The van der Waals surface area contributed by atoms with Crippen LogP contribution >= 0.6 is 11.6 Å². The summed E-state index contributed by atoms with van der Waals surface area (Å²) in [5.74, 6) is -0.0379. The van der Waals surface area contributed by atoms with E-state index in [0.29, 0.717) is 11.6 Å². The molecule has 2 aliphatic heterocycles. The predicted octanol–water partition coefficient (Wildman–Crippen LogP) is 3.21. The van der Waals surface area contributed by atoms with Gasteiger partial charge in [0.1, 0.15) is 0 Å². The minimum Gasteiger partial charge on any atom is -0.347 e. The number of rotatable bonds is 1. The Balaban J connectivity index is 2.02. The van der Waals surface area contributed by atoms with Crippen LogP contribution in [0.15, 0.2) is 48.5 Å². The molecule has 4 rings (SSSR count). The summed E-state index contributed by atoms with van der Waals surface area (Å²) in [5.41, 5.74) is 1.84. The smallest absolute Gasteiger partial charge is 0.238 e. The standard InChI is InChI=1S/C18H17ClN2O2/c1-12-10-21-11-17(22)20-16-8-7-14(19)9-15(16)18(21,23-12)13-5-3-2-4-6-13/h2-9,12H,10-11H2,1H3,(H,20,22)/t12-,18?/m0/s1. The molecule has 1 saturated heterocycles. The minimum absolute atomic E-state index is 0.0212. The van der Waals surface area contributed by atoms with Crippen LogP contribution in [0.2, 0.25) is 5.02 Å². The van der Waals surface area contributed by atoms with Crippen LogP contribution in [0.3, 0.4) is 0 Å². The van der Waals surface area contributed by atoms with Crippen LogP contribution in [0.5, 0.6) is 0 Å². The molecule has 0 bridgehead atoms. The van der Waals surface area contributed by atoms with Gasteiger partial charge >= 0.3 is 0 Å². The van der Waals surface area contributed by atoms with Crippen LogP contribution in [0, 0.1) is 0 Å². The van der Waals surface area contributed by atoms with Gasteiger partial charge < -0.3 is 10.1 Å². The number of hydrogen-bond donors (Lipinski definition) is 1. The number of anilines is 1. The summed E-state index contributed by atoms with van der Waals surface area (Å²) in [7, 11) is 0. The molecule has 1 N–H and O–H groups in total. The molecular formula is C18H17ClN2O2. The largest absolute Gasteiger partial charge is 0.347 e. The van der Waals surface area contributed by atoms with Gasteiger partial charge in [-0.05, 0) is 25.1 Å². The zero-order valence-corrected chi connectivity index (χ0v) is 13.5. The number of ether oxygens (including phenoxy) is 1. The summed E-state index contributed by atoms with van der Waals surface area (Å²) in [6.45, 7) is 3.00. The predicted molar refractivity (Wildman–Crippen MR) is 89.4 cm³/mol. The number of nitrogens with one attached hydrogen (secondary N) is 1. The Kier molecular flexibility index (Phi) is 3.41. The first-order valence-electron chi connectivity index (χ1n) is 7.68. The second kappa shape index (κ2) is 5.34. The Bertz CT molecular complexity index is 765. The van der Waals surface area contributed by atoms with Gasteiger partial charge in [-0.15, -0.1) is 0 Å². The number of halogens is 1. The van der Waals surface area contributed by atoms with Gasteiger partial charge in [-0.2, -0.15) is 0 Å². The maximum atomic E-state index is 12.3. The van der Waals surface area contributed by atoms with Gasteiger partial charge in [-0.3, -0.25) is 9.69 Å². The topological polar surface area (TPSA) is 41.6 Å². The molecule has 5 heteroatoms. The van der Waals surface area contributed by atoms with Crippen molar-refractivity contribution in [3.63, 3.8) is 0 Å². The van der Waals surface area contributed by atoms with E-state index in [1.54, 1.807) is 6.07 Å². The Morgan fingerprint density at radius 1 is 1.26 bits per heavy atom. The van der Waals surface area contributed by atoms with E-state index in [-0.39, 0.29) is 18.6 Å². The normalized spacial score (nSPS) is 27.0. The first kappa shape index (κ1) is 14.7. The zero-order valence-electron chi connectivity index (χ0n) is 12.8.